The van der Waals surface area contributed by atoms with Gasteiger partial charge in [0.15, 0.2) is 5.69 Å². The van der Waals surface area contributed by atoms with Gasteiger partial charge in [-0.2, -0.15) is 19.1 Å². The first-order chi connectivity index (χ1) is 7.78. The van der Waals surface area contributed by atoms with E-state index in [1.807, 2.05) is 26.8 Å². The number of aromatic nitrogens is 2. The highest BCUT2D eigenvalue weighted by atomic mass is 19.3. The molecule has 2 atom stereocenters. The van der Waals surface area contributed by atoms with E-state index < -0.39 is 17.4 Å². The normalized spacial score (nSPS) is 28.5. The van der Waals surface area contributed by atoms with Gasteiger partial charge in [-0.1, -0.05) is 0 Å². The van der Waals surface area contributed by atoms with Crippen LogP contribution in [-0.4, -0.2) is 9.78 Å². The van der Waals surface area contributed by atoms with Gasteiger partial charge in [-0.25, -0.2) is 0 Å². The first-order valence-electron chi connectivity index (χ1n) is 5.70. The van der Waals surface area contributed by atoms with Crippen LogP contribution in [0.15, 0.2) is 0 Å². The lowest BCUT2D eigenvalue weighted by atomic mass is 10.1. The van der Waals surface area contributed by atoms with Gasteiger partial charge in [0.2, 0.25) is 0 Å². The highest BCUT2D eigenvalue weighted by Crippen LogP contribution is 2.67. The molecule has 2 aliphatic rings. The molecule has 0 amide bonds. The van der Waals surface area contributed by atoms with Gasteiger partial charge >= 0.3 is 0 Å². The van der Waals surface area contributed by atoms with Crippen LogP contribution in [-0.2, 0) is 11.5 Å². The molecule has 17 heavy (non-hydrogen) atoms. The van der Waals surface area contributed by atoms with Gasteiger partial charge in [0.1, 0.15) is 11.8 Å². The van der Waals surface area contributed by atoms with Crippen LogP contribution in [0.5, 0.6) is 0 Å². The van der Waals surface area contributed by atoms with Crippen LogP contribution in [0, 0.1) is 17.2 Å². The van der Waals surface area contributed by atoms with Crippen molar-refractivity contribution >= 4 is 0 Å². The highest BCUT2D eigenvalue weighted by Gasteiger charge is 2.67. The Hall–Kier alpha value is -1.44. The molecule has 1 aromatic heterocycles. The minimum absolute atomic E-state index is 0.0252. The maximum absolute atomic E-state index is 14.1. The molecule has 5 heteroatoms. The van der Waals surface area contributed by atoms with Crippen LogP contribution in [0.4, 0.5) is 8.78 Å². The van der Waals surface area contributed by atoms with E-state index in [0.29, 0.717) is 12.0 Å². The van der Waals surface area contributed by atoms with Gasteiger partial charge in [0, 0.05) is 11.5 Å². The smallest absolute Gasteiger partial charge is 0.257 e. The maximum atomic E-state index is 14.1. The van der Waals surface area contributed by atoms with E-state index in [9.17, 15) is 8.78 Å². The van der Waals surface area contributed by atoms with Gasteiger partial charge in [-0.05, 0) is 33.1 Å². The predicted molar refractivity (Wildman–Crippen MR) is 56.7 cm³/mol. The van der Waals surface area contributed by atoms with Gasteiger partial charge in [0.05, 0.1) is 5.54 Å². The summed E-state index contributed by atoms with van der Waals surface area (Å²) in [7, 11) is 0. The fraction of sp³-hybridized carbons (Fsp3) is 0.667. The summed E-state index contributed by atoms with van der Waals surface area (Å²) in [5.41, 5.74) is 0.124. The summed E-state index contributed by atoms with van der Waals surface area (Å²) in [5, 5.41) is 13.1. The second-order valence-electron chi connectivity index (χ2n) is 5.88. The summed E-state index contributed by atoms with van der Waals surface area (Å²) in [4.78, 5) is 0. The maximum Gasteiger partial charge on any atom is 0.293 e. The average molecular weight is 237 g/mol. The summed E-state index contributed by atoms with van der Waals surface area (Å²) in [5.74, 6) is -3.57. The number of hydrogen-bond donors (Lipinski definition) is 0. The molecule has 0 N–H and O–H groups in total. The molecule has 1 saturated carbocycles. The van der Waals surface area contributed by atoms with Crippen molar-refractivity contribution in [3.8, 4) is 6.07 Å². The van der Waals surface area contributed by atoms with E-state index in [1.165, 1.54) is 4.68 Å². The van der Waals surface area contributed by atoms with E-state index in [0.717, 1.165) is 0 Å². The van der Waals surface area contributed by atoms with Gasteiger partial charge in [0.25, 0.3) is 5.92 Å². The zero-order valence-corrected chi connectivity index (χ0v) is 9.96. The molecule has 90 valence electrons. The Balaban J connectivity index is 2.30. The van der Waals surface area contributed by atoms with Gasteiger partial charge in [-0.15, -0.1) is 0 Å². The summed E-state index contributed by atoms with van der Waals surface area (Å²) < 4.78 is 29.6. The summed E-state index contributed by atoms with van der Waals surface area (Å²) >= 11 is 0. The number of halogens is 2. The van der Waals surface area contributed by atoms with Crippen molar-refractivity contribution in [3.63, 3.8) is 0 Å². The lowest BCUT2D eigenvalue weighted by Gasteiger charge is -2.25. The second-order valence-corrected chi connectivity index (χ2v) is 5.88. The number of alkyl halides is 2. The zero-order chi connectivity index (χ0) is 12.6. The monoisotopic (exact) mass is 237 g/mol. The van der Waals surface area contributed by atoms with Crippen molar-refractivity contribution in [1.29, 1.82) is 5.26 Å². The molecule has 0 spiro atoms. The molecule has 0 aromatic carbocycles. The van der Waals surface area contributed by atoms with E-state index in [1.54, 1.807) is 0 Å². The lowest BCUT2D eigenvalue weighted by Crippen LogP contribution is -2.30. The zero-order valence-electron chi connectivity index (χ0n) is 9.96. The summed E-state index contributed by atoms with van der Waals surface area (Å²) in [6.45, 7) is 5.46. The van der Waals surface area contributed by atoms with Crippen LogP contribution in [0.1, 0.15) is 50.1 Å². The minimum atomic E-state index is -2.82. The second kappa shape index (κ2) is 2.69. The van der Waals surface area contributed by atoms with Crippen molar-refractivity contribution in [2.24, 2.45) is 5.92 Å². The first-order valence-corrected chi connectivity index (χ1v) is 5.70. The molecule has 0 aliphatic heterocycles. The third-order valence-corrected chi connectivity index (χ3v) is 3.61. The van der Waals surface area contributed by atoms with E-state index in [-0.39, 0.29) is 17.3 Å². The Kier molecular flexibility index (Phi) is 1.69. The molecular weight excluding hydrogens is 224 g/mol. The van der Waals surface area contributed by atoms with Crippen molar-refractivity contribution < 1.29 is 8.78 Å². The third kappa shape index (κ3) is 1.16. The SMILES string of the molecule is CC(C)(C)n1nc(C#N)c2c1C(F)(F)[C@@H]1C[C@H]21. The Morgan fingerprint density at radius 1 is 1.47 bits per heavy atom. The molecule has 3 rings (SSSR count). The molecule has 1 heterocycles. The molecule has 2 aliphatic carbocycles. The molecule has 1 fully saturated rings. The topological polar surface area (TPSA) is 41.6 Å². The fourth-order valence-electron chi connectivity index (χ4n) is 2.76. The minimum Gasteiger partial charge on any atom is -0.257 e. The Morgan fingerprint density at radius 2 is 2.12 bits per heavy atom. The number of hydrogen-bond acceptors (Lipinski definition) is 2. The van der Waals surface area contributed by atoms with Crippen molar-refractivity contribution in [2.75, 3.05) is 0 Å². The predicted octanol–water partition coefficient (Wildman–Crippen LogP) is 2.72. The average Bonchev–Trinajstić information content (AvgIpc) is 2.83. The number of nitrogens with zero attached hydrogens (tertiary/aromatic N) is 3. The number of rotatable bonds is 0. The third-order valence-electron chi connectivity index (χ3n) is 3.61. The quantitative estimate of drug-likeness (QED) is 0.696. The largest absolute Gasteiger partial charge is 0.293 e. The van der Waals surface area contributed by atoms with Gasteiger partial charge < -0.3 is 0 Å². The molecule has 3 nitrogen and oxygen atoms in total. The van der Waals surface area contributed by atoms with Crippen LogP contribution < -0.4 is 0 Å². The van der Waals surface area contributed by atoms with Crippen LogP contribution in [0.3, 0.4) is 0 Å². The van der Waals surface area contributed by atoms with Crippen molar-refractivity contribution in [1.82, 2.24) is 9.78 Å². The Bertz CT molecular complexity index is 545. The summed E-state index contributed by atoms with van der Waals surface area (Å²) in [6.07, 6.45) is 0.491. The van der Waals surface area contributed by atoms with Crippen LogP contribution >= 0.6 is 0 Å². The first kappa shape index (κ1) is 10.7. The molecule has 0 unspecified atom stereocenters. The van der Waals surface area contributed by atoms with Gasteiger partial charge in [-0.3, -0.25) is 4.68 Å². The van der Waals surface area contributed by atoms with Crippen molar-refractivity contribution in [3.05, 3.63) is 17.0 Å². The lowest BCUT2D eigenvalue weighted by molar-refractivity contribution is -0.0342. The molecular formula is C12H13F2N3. The number of nitriles is 1. The number of fused-ring (bicyclic) bond motifs is 3. The Morgan fingerprint density at radius 3 is 2.65 bits per heavy atom. The fourth-order valence-corrected chi connectivity index (χ4v) is 2.76. The Labute approximate surface area is 98.0 Å². The molecule has 1 aromatic rings. The standard InChI is InChI=1S/C12H13F2N3/c1-11(2,3)17-10-9(8(5-15)16-17)6-4-7(6)12(10,13)14/h6-7H,4H2,1-3H3/t6-,7+/m0/s1. The summed E-state index contributed by atoms with van der Waals surface area (Å²) in [6, 6.07) is 1.95. The molecule has 0 saturated heterocycles. The molecule has 0 bridgehead atoms. The molecule has 0 radical (unpaired) electrons. The van der Waals surface area contributed by atoms with Crippen LogP contribution in [0.2, 0.25) is 0 Å². The van der Waals surface area contributed by atoms with Crippen molar-refractivity contribution in [2.45, 2.75) is 44.6 Å². The highest BCUT2D eigenvalue weighted by molar-refractivity contribution is 5.50. The van der Waals surface area contributed by atoms with E-state index >= 15 is 0 Å². The van der Waals surface area contributed by atoms with Crippen LogP contribution in [0.25, 0.3) is 0 Å². The van der Waals surface area contributed by atoms with E-state index in [4.69, 9.17) is 5.26 Å². The van der Waals surface area contributed by atoms with E-state index in [2.05, 4.69) is 5.10 Å².